The molecule has 0 spiro atoms. The molecule has 0 aliphatic heterocycles. The quantitative estimate of drug-likeness (QED) is 0.221. The molecule has 1 N–H and O–H groups in total. The fourth-order valence-corrected chi connectivity index (χ4v) is 4.56. The lowest BCUT2D eigenvalue weighted by Crippen LogP contribution is -1.96. The second kappa shape index (κ2) is 9.84. The van der Waals surface area contributed by atoms with Crippen LogP contribution < -0.4 is 9.46 Å². The number of furan rings is 1. The lowest BCUT2D eigenvalue weighted by molar-refractivity contribution is 0.474. The fourth-order valence-electron chi connectivity index (χ4n) is 3.07. The minimum Gasteiger partial charge on any atom is -0.472 e. The molecule has 0 unspecified atom stereocenters. The Labute approximate surface area is 206 Å². The summed E-state index contributed by atoms with van der Waals surface area (Å²) in [6.07, 6.45) is 3.04. The molecule has 5 rings (SSSR count). The third kappa shape index (κ3) is 4.91. The van der Waals surface area contributed by atoms with E-state index in [1.807, 2.05) is 5.38 Å². The van der Waals surface area contributed by atoms with E-state index in [4.69, 9.17) is 20.8 Å². The number of aromatic nitrogens is 2. The lowest BCUT2D eigenvalue weighted by atomic mass is 10.1. The number of halogens is 3. The van der Waals surface area contributed by atoms with Crippen LogP contribution in [0.15, 0.2) is 87.3 Å². The van der Waals surface area contributed by atoms with Crippen molar-refractivity contribution in [3.8, 4) is 34.0 Å². The number of thiazole rings is 1. The average Bonchev–Trinajstić information content (AvgIpc) is 3.56. The summed E-state index contributed by atoms with van der Waals surface area (Å²) in [4.78, 5) is 9.07. The van der Waals surface area contributed by atoms with Gasteiger partial charge < -0.3 is 13.9 Å². The summed E-state index contributed by atoms with van der Waals surface area (Å²) in [5.74, 6) is 0.280. The largest absolute Gasteiger partial charge is 0.472 e. The number of nitrogens with zero attached hydrogens (tertiary/aromatic N) is 2. The van der Waals surface area contributed by atoms with Crippen molar-refractivity contribution in [1.82, 2.24) is 9.97 Å². The van der Waals surface area contributed by atoms with E-state index in [1.54, 1.807) is 35.8 Å². The molecule has 0 fully saturated rings. The van der Waals surface area contributed by atoms with E-state index in [9.17, 15) is 8.78 Å². The van der Waals surface area contributed by atoms with Gasteiger partial charge in [0.1, 0.15) is 28.9 Å². The van der Waals surface area contributed by atoms with Gasteiger partial charge in [0.25, 0.3) is 0 Å². The molecule has 3 aromatic heterocycles. The molecular weight excluding hydrogens is 500 g/mol. The fraction of sp³-hybridized carbons (Fsp3) is 0. The van der Waals surface area contributed by atoms with Crippen LogP contribution in [-0.2, 0) is 0 Å². The van der Waals surface area contributed by atoms with Crippen molar-refractivity contribution >= 4 is 40.7 Å². The van der Waals surface area contributed by atoms with Crippen molar-refractivity contribution in [1.29, 1.82) is 0 Å². The van der Waals surface area contributed by atoms with E-state index in [2.05, 4.69) is 14.7 Å². The zero-order chi connectivity index (χ0) is 23.5. The molecule has 34 heavy (non-hydrogen) atoms. The molecule has 0 aliphatic rings. The maximum absolute atomic E-state index is 14.8. The predicted molar refractivity (Wildman–Crippen MR) is 130 cm³/mol. The number of anilines is 1. The van der Waals surface area contributed by atoms with Gasteiger partial charge in [0.15, 0.2) is 5.75 Å². The summed E-state index contributed by atoms with van der Waals surface area (Å²) in [5, 5.41) is 2.04. The van der Waals surface area contributed by atoms with Crippen LogP contribution in [0.4, 0.5) is 14.6 Å². The molecule has 0 aliphatic carbocycles. The monoisotopic (exact) mass is 513 g/mol. The lowest BCUT2D eigenvalue weighted by Gasteiger charge is -2.14. The highest BCUT2D eigenvalue weighted by molar-refractivity contribution is 8.00. The van der Waals surface area contributed by atoms with Crippen molar-refractivity contribution < 1.29 is 17.9 Å². The zero-order valence-electron chi connectivity index (χ0n) is 17.2. The smallest absolute Gasteiger partial charge is 0.153 e. The van der Waals surface area contributed by atoms with Crippen LogP contribution in [0.1, 0.15) is 0 Å². The molecule has 0 radical (unpaired) electrons. The van der Waals surface area contributed by atoms with Gasteiger partial charge >= 0.3 is 0 Å². The van der Waals surface area contributed by atoms with Gasteiger partial charge in [0.05, 0.1) is 33.6 Å². The Bertz CT molecular complexity index is 1410. The number of hydrogen-bond acceptors (Lipinski definition) is 7. The van der Waals surface area contributed by atoms with Gasteiger partial charge in [-0.1, -0.05) is 11.6 Å². The molecule has 0 amide bonds. The molecule has 0 bridgehead atoms. The second-order valence-corrected chi connectivity index (χ2v) is 8.93. The second-order valence-electron chi connectivity index (χ2n) is 6.96. The van der Waals surface area contributed by atoms with E-state index in [0.29, 0.717) is 33.4 Å². The molecular formula is C24H14ClF2N3O2S2. The summed E-state index contributed by atoms with van der Waals surface area (Å²) in [6, 6.07) is 13.9. The third-order valence-electron chi connectivity index (χ3n) is 4.70. The summed E-state index contributed by atoms with van der Waals surface area (Å²) in [5.41, 5.74) is 4.15. The topological polar surface area (TPSA) is 60.2 Å². The number of ether oxygens (including phenoxy) is 1. The average molecular weight is 514 g/mol. The van der Waals surface area contributed by atoms with Crippen LogP contribution in [-0.4, -0.2) is 9.97 Å². The number of rotatable bonds is 7. The van der Waals surface area contributed by atoms with Crippen LogP contribution >= 0.6 is 34.9 Å². The number of hydrogen-bond donors (Lipinski definition) is 1. The van der Waals surface area contributed by atoms with Crippen LogP contribution in [0.3, 0.4) is 0 Å². The van der Waals surface area contributed by atoms with E-state index >= 15 is 0 Å². The molecule has 0 saturated carbocycles. The highest BCUT2D eigenvalue weighted by Gasteiger charge is 2.17. The maximum atomic E-state index is 14.8. The Morgan fingerprint density at radius 1 is 1.00 bits per heavy atom. The van der Waals surface area contributed by atoms with Crippen LogP contribution in [0.25, 0.3) is 22.5 Å². The van der Waals surface area contributed by atoms with Gasteiger partial charge in [0.2, 0.25) is 0 Å². The molecule has 0 atom stereocenters. The molecule has 10 heteroatoms. The first kappa shape index (κ1) is 22.4. The van der Waals surface area contributed by atoms with Gasteiger partial charge in [-0.3, -0.25) is 0 Å². The van der Waals surface area contributed by atoms with Crippen molar-refractivity contribution in [2.24, 2.45) is 0 Å². The molecule has 3 heterocycles. The van der Waals surface area contributed by atoms with Crippen molar-refractivity contribution in [3.63, 3.8) is 0 Å². The van der Waals surface area contributed by atoms with E-state index in [-0.39, 0.29) is 16.6 Å². The molecule has 0 saturated heterocycles. The van der Waals surface area contributed by atoms with Gasteiger partial charge in [-0.15, -0.1) is 11.3 Å². The van der Waals surface area contributed by atoms with Crippen LogP contribution in [0.2, 0.25) is 5.02 Å². The third-order valence-corrected chi connectivity index (χ3v) is 6.42. The van der Waals surface area contributed by atoms with Gasteiger partial charge in [-0.25, -0.2) is 18.7 Å². The molecule has 2 aromatic carbocycles. The summed E-state index contributed by atoms with van der Waals surface area (Å²) in [7, 11) is 0. The normalized spacial score (nSPS) is 10.9. The SMILES string of the molecule is Fc1ccc(-c2ccc(Oc3cc(F)c(SNc4cscn4)cc3Cl)c(-c3ccoc3)n2)cc1. The standard InChI is InChI=1S/C24H14ClF2N3O2S2/c25-17-9-22(34-30-23-12-33-13-28-23)18(27)10-21(17)32-20-6-5-19(14-1-3-16(26)4-2-14)29-24(20)15-7-8-31-11-15/h1-13,30H. The summed E-state index contributed by atoms with van der Waals surface area (Å²) >= 11 is 8.90. The van der Waals surface area contributed by atoms with Gasteiger partial charge in [-0.2, -0.15) is 0 Å². The first-order valence-electron chi connectivity index (χ1n) is 9.84. The summed E-state index contributed by atoms with van der Waals surface area (Å²) < 4.78 is 42.3. The first-order valence-corrected chi connectivity index (χ1v) is 12.0. The summed E-state index contributed by atoms with van der Waals surface area (Å²) in [6.45, 7) is 0. The van der Waals surface area contributed by atoms with Crippen molar-refractivity contribution in [2.45, 2.75) is 4.90 Å². The van der Waals surface area contributed by atoms with Crippen LogP contribution in [0.5, 0.6) is 11.5 Å². The highest BCUT2D eigenvalue weighted by Crippen LogP contribution is 2.39. The first-order chi connectivity index (χ1) is 16.6. The number of benzene rings is 2. The Hall–Kier alpha value is -3.40. The highest BCUT2D eigenvalue weighted by atomic mass is 35.5. The minimum atomic E-state index is -0.507. The minimum absolute atomic E-state index is 0.137. The van der Waals surface area contributed by atoms with Crippen LogP contribution in [0, 0.1) is 11.6 Å². The predicted octanol–water partition coefficient (Wildman–Crippen LogP) is 8.31. The zero-order valence-corrected chi connectivity index (χ0v) is 19.6. The molecule has 5 aromatic rings. The Morgan fingerprint density at radius 3 is 2.59 bits per heavy atom. The maximum Gasteiger partial charge on any atom is 0.153 e. The van der Waals surface area contributed by atoms with Gasteiger partial charge in [0, 0.05) is 22.6 Å². The number of nitrogens with one attached hydrogen (secondary N) is 1. The van der Waals surface area contributed by atoms with E-state index < -0.39 is 5.82 Å². The molecule has 5 nitrogen and oxygen atoms in total. The van der Waals surface area contributed by atoms with E-state index in [1.165, 1.54) is 48.1 Å². The Kier molecular flexibility index (Phi) is 6.48. The number of pyridine rings is 1. The Balaban J connectivity index is 1.45. The Morgan fingerprint density at radius 2 is 1.85 bits per heavy atom. The molecule has 170 valence electrons. The van der Waals surface area contributed by atoms with Crippen molar-refractivity contribution in [3.05, 3.63) is 94.7 Å². The van der Waals surface area contributed by atoms with Crippen molar-refractivity contribution in [2.75, 3.05) is 4.72 Å². The van der Waals surface area contributed by atoms with Gasteiger partial charge in [-0.05, 0) is 60.5 Å². The van der Waals surface area contributed by atoms with E-state index in [0.717, 1.165) is 17.5 Å².